The molecule has 0 aliphatic rings. The third-order valence-corrected chi connectivity index (χ3v) is 10.1. The fourth-order valence-electron chi connectivity index (χ4n) is 3.30. The Labute approximate surface area is 338 Å². The molecule has 0 aliphatic heterocycles. The van der Waals surface area contributed by atoms with E-state index in [9.17, 15) is 56.8 Å². The van der Waals surface area contributed by atoms with E-state index in [1.54, 1.807) is 182 Å². The average Bonchev–Trinajstić information content (AvgIpc) is 3.21. The Kier molecular flexibility index (Phi) is 29.5. The SMILES string of the molecule is O=[P+]([O-])c1ccccc1.O=[P+]([O-])c1ccccc1.O=[P+]([O-])c1ccccc1.O=[P+]([O-])c1ccccc1.O=[P+]([O-])c1ccccc1.O=[P+]([O-])c1ccccc1.[Mo]. The number of hydrogen-bond donors (Lipinski definition) is 0. The van der Waals surface area contributed by atoms with Gasteiger partial charge in [0.1, 0.15) is 0 Å². The molecule has 6 aromatic carbocycles. The standard InChI is InChI=1S/6C6H5O2P.Mo/c6*7-9(8)6-4-2-1-3-5-6;/h6*1-5H;. The molecule has 0 heterocycles. The Hall–Kier alpha value is -3.63. The van der Waals surface area contributed by atoms with Crippen molar-refractivity contribution in [3.8, 4) is 0 Å². The minimum Gasteiger partial charge on any atom is -0.591 e. The summed E-state index contributed by atoms with van der Waals surface area (Å²) >= 11 is 0. The zero-order chi connectivity index (χ0) is 40.1. The van der Waals surface area contributed by atoms with Crippen molar-refractivity contribution in [1.82, 2.24) is 0 Å². The van der Waals surface area contributed by atoms with Crippen molar-refractivity contribution >= 4 is 80.0 Å². The van der Waals surface area contributed by atoms with E-state index in [2.05, 4.69) is 0 Å². The van der Waals surface area contributed by atoms with Crippen molar-refractivity contribution < 1.29 is 77.8 Å². The van der Waals surface area contributed by atoms with Crippen molar-refractivity contribution in [1.29, 1.82) is 0 Å². The Morgan fingerprint density at radius 2 is 0.309 bits per heavy atom. The molecule has 0 bridgehead atoms. The molecule has 0 amide bonds. The Bertz CT molecular complexity index is 1640. The third kappa shape index (κ3) is 25.2. The number of hydrogen-bond acceptors (Lipinski definition) is 12. The summed E-state index contributed by atoms with van der Waals surface area (Å²) < 4.78 is 61.4. The molecule has 0 saturated carbocycles. The molecule has 6 rings (SSSR count). The molecule has 0 radical (unpaired) electrons. The van der Waals surface area contributed by atoms with Gasteiger partial charge in [-0.15, -0.1) is 0 Å². The fourth-order valence-corrected chi connectivity index (χ4v) is 5.79. The Morgan fingerprint density at radius 1 is 0.218 bits per heavy atom. The van der Waals surface area contributed by atoms with Crippen LogP contribution in [0.3, 0.4) is 0 Å². The van der Waals surface area contributed by atoms with Gasteiger partial charge in [0.05, 0.1) is 0 Å². The van der Waals surface area contributed by atoms with Gasteiger partial charge < -0.3 is 29.4 Å². The van der Waals surface area contributed by atoms with Gasteiger partial charge in [-0.25, -0.2) is 0 Å². The zero-order valence-corrected chi connectivity index (χ0v) is 35.7. The Morgan fingerprint density at radius 3 is 0.364 bits per heavy atom. The van der Waals surface area contributed by atoms with E-state index in [4.69, 9.17) is 0 Å². The summed E-state index contributed by atoms with van der Waals surface area (Å²) in [4.78, 5) is 61.4. The maximum Gasteiger partial charge on any atom is 0.348 e. The maximum atomic E-state index is 10.2. The molecule has 0 fully saturated rings. The smallest absolute Gasteiger partial charge is 0.348 e. The summed E-state index contributed by atoms with van der Waals surface area (Å²) in [6.45, 7) is 0. The van der Waals surface area contributed by atoms with Crippen molar-refractivity contribution in [2.45, 2.75) is 0 Å². The minimum absolute atomic E-state index is 0. The summed E-state index contributed by atoms with van der Waals surface area (Å²) in [6.07, 6.45) is 0. The number of rotatable bonds is 6. The first kappa shape index (κ1) is 51.4. The molecule has 282 valence electrons. The van der Waals surface area contributed by atoms with Gasteiger partial charge in [0.15, 0.2) is 31.8 Å². The van der Waals surface area contributed by atoms with Crippen LogP contribution >= 0.6 is 48.2 Å². The summed E-state index contributed by atoms with van der Waals surface area (Å²) in [6, 6.07) is 49.8. The number of benzene rings is 6. The zero-order valence-electron chi connectivity index (χ0n) is 28.3. The summed E-state index contributed by atoms with van der Waals surface area (Å²) in [7, 11) is -14.4. The van der Waals surface area contributed by atoms with Crippen molar-refractivity contribution in [2.24, 2.45) is 0 Å². The maximum absolute atomic E-state index is 10.2. The topological polar surface area (TPSA) is 241 Å². The monoisotopic (exact) mass is 938 g/mol. The van der Waals surface area contributed by atoms with E-state index in [0.29, 0.717) is 31.8 Å². The van der Waals surface area contributed by atoms with Gasteiger partial charge >= 0.3 is 48.2 Å². The van der Waals surface area contributed by atoms with Gasteiger partial charge in [0.2, 0.25) is 0 Å². The predicted octanol–water partition coefficient (Wildman–Crippen LogP) is 2.49. The summed E-state index contributed by atoms with van der Waals surface area (Å²) in [5.74, 6) is 0. The Balaban J connectivity index is 0.000000634. The summed E-state index contributed by atoms with van der Waals surface area (Å²) in [5, 5.41) is 2.21. The molecule has 6 atom stereocenters. The average molecular weight is 936 g/mol. The largest absolute Gasteiger partial charge is 0.591 e. The molecule has 0 aromatic heterocycles. The van der Waals surface area contributed by atoms with Crippen molar-refractivity contribution in [3.05, 3.63) is 182 Å². The molecule has 0 aliphatic carbocycles. The van der Waals surface area contributed by atoms with E-state index < -0.39 is 48.2 Å². The van der Waals surface area contributed by atoms with E-state index in [1.807, 2.05) is 0 Å². The van der Waals surface area contributed by atoms with E-state index >= 15 is 0 Å². The first-order valence-electron chi connectivity index (χ1n) is 15.0. The molecular formula is C36H30MoO12P6. The van der Waals surface area contributed by atoms with Crippen LogP contribution in [0.5, 0.6) is 0 Å². The van der Waals surface area contributed by atoms with Gasteiger partial charge in [-0.1, -0.05) is 137 Å². The molecule has 0 N–H and O–H groups in total. The first-order chi connectivity index (χ1) is 25.8. The van der Waals surface area contributed by atoms with Crippen LogP contribution in [0.2, 0.25) is 0 Å². The van der Waals surface area contributed by atoms with Crippen LogP contribution in [0.15, 0.2) is 182 Å². The molecule has 0 saturated heterocycles. The molecule has 12 nitrogen and oxygen atoms in total. The van der Waals surface area contributed by atoms with Crippen LogP contribution in [-0.2, 0) is 48.5 Å². The second-order valence-electron chi connectivity index (χ2n) is 9.56. The van der Waals surface area contributed by atoms with E-state index in [1.165, 1.54) is 0 Å². The van der Waals surface area contributed by atoms with Crippen molar-refractivity contribution in [3.63, 3.8) is 0 Å². The van der Waals surface area contributed by atoms with Gasteiger partial charge in [-0.2, -0.15) is 0 Å². The molecule has 0 spiro atoms. The van der Waals surface area contributed by atoms with Gasteiger partial charge in [-0.3, -0.25) is 0 Å². The molecule has 6 aromatic rings. The van der Waals surface area contributed by atoms with Crippen LogP contribution in [0.25, 0.3) is 0 Å². The van der Waals surface area contributed by atoms with Crippen LogP contribution in [-0.4, -0.2) is 0 Å². The molecule has 55 heavy (non-hydrogen) atoms. The predicted molar refractivity (Wildman–Crippen MR) is 202 cm³/mol. The summed E-state index contributed by atoms with van der Waals surface area (Å²) in [5.41, 5.74) is 0. The second kappa shape index (κ2) is 31.6. The molecule has 19 heteroatoms. The van der Waals surface area contributed by atoms with Crippen LogP contribution in [0.1, 0.15) is 0 Å². The fraction of sp³-hybridized carbons (Fsp3) is 0. The molecular weight excluding hydrogens is 906 g/mol. The van der Waals surface area contributed by atoms with E-state index in [0.717, 1.165) is 0 Å². The minimum atomic E-state index is -2.40. The normalized spacial score (nSPS) is 10.8. The second-order valence-corrected chi connectivity index (χ2v) is 15.7. The van der Waals surface area contributed by atoms with Gasteiger partial charge in [0, 0.05) is 21.1 Å². The van der Waals surface area contributed by atoms with Crippen LogP contribution in [0.4, 0.5) is 0 Å². The van der Waals surface area contributed by atoms with Crippen molar-refractivity contribution in [2.75, 3.05) is 0 Å². The van der Waals surface area contributed by atoms with Crippen LogP contribution in [0, 0.1) is 0 Å². The van der Waals surface area contributed by atoms with Gasteiger partial charge in [0.25, 0.3) is 0 Å². The van der Waals surface area contributed by atoms with Gasteiger partial charge in [-0.05, 0) is 72.8 Å². The van der Waals surface area contributed by atoms with E-state index in [-0.39, 0.29) is 21.1 Å². The first-order valence-corrected chi connectivity index (χ1v) is 22.1. The van der Waals surface area contributed by atoms with Crippen LogP contribution < -0.4 is 61.2 Å². The third-order valence-electron chi connectivity index (χ3n) is 5.80. The molecule has 6 unspecified atom stereocenters. The quantitative estimate of drug-likeness (QED) is 0.173.